The Labute approximate surface area is 151 Å². The molecular formula is C19H22N2O5. The van der Waals surface area contributed by atoms with Crippen LogP contribution >= 0.6 is 0 Å². The van der Waals surface area contributed by atoms with Crippen molar-refractivity contribution in [2.45, 2.75) is 32.1 Å². The third-order valence-electron chi connectivity index (χ3n) is 4.46. The number of para-hydroxylation sites is 1. The first kappa shape index (κ1) is 18.0. The number of carbonyl (C=O) groups is 2. The summed E-state index contributed by atoms with van der Waals surface area (Å²) in [5, 5.41) is 12.2. The normalized spacial score (nSPS) is 14.7. The molecule has 1 saturated carbocycles. The van der Waals surface area contributed by atoms with Crippen LogP contribution in [0.5, 0.6) is 5.75 Å². The molecule has 1 aliphatic rings. The van der Waals surface area contributed by atoms with E-state index in [-0.39, 0.29) is 18.7 Å². The van der Waals surface area contributed by atoms with Gasteiger partial charge in [0, 0.05) is 12.5 Å². The minimum atomic E-state index is -0.982. The van der Waals surface area contributed by atoms with Gasteiger partial charge in [-0.25, -0.2) is 4.98 Å². The van der Waals surface area contributed by atoms with Gasteiger partial charge in [0.15, 0.2) is 5.89 Å². The van der Waals surface area contributed by atoms with Crippen molar-refractivity contribution in [2.24, 2.45) is 5.92 Å². The van der Waals surface area contributed by atoms with Gasteiger partial charge in [-0.15, -0.1) is 0 Å². The largest absolute Gasteiger partial charge is 0.496 e. The molecule has 7 nitrogen and oxygen atoms in total. The highest BCUT2D eigenvalue weighted by molar-refractivity contribution is 5.92. The van der Waals surface area contributed by atoms with E-state index in [4.69, 9.17) is 9.15 Å². The van der Waals surface area contributed by atoms with Gasteiger partial charge in [-0.2, -0.15) is 0 Å². The molecule has 0 spiro atoms. The van der Waals surface area contributed by atoms with Crippen molar-refractivity contribution >= 4 is 11.9 Å². The zero-order chi connectivity index (χ0) is 18.7. The number of aliphatic carboxylic acids is 1. The second-order valence-electron chi connectivity index (χ2n) is 6.50. The Kier molecular flexibility index (Phi) is 5.25. The number of ether oxygens (including phenoxy) is 1. The first-order valence-corrected chi connectivity index (χ1v) is 8.59. The Bertz CT molecular complexity index is 810. The van der Waals surface area contributed by atoms with E-state index < -0.39 is 17.8 Å². The summed E-state index contributed by atoms with van der Waals surface area (Å²) in [5.74, 6) is -0.499. The minimum absolute atomic E-state index is 0.00881. The molecule has 1 atom stereocenters. The monoisotopic (exact) mass is 358 g/mol. The quantitative estimate of drug-likeness (QED) is 0.752. The molecular weight excluding hydrogens is 336 g/mol. The van der Waals surface area contributed by atoms with E-state index in [1.54, 1.807) is 20.1 Å². The average molecular weight is 358 g/mol. The average Bonchev–Trinajstić information content (AvgIpc) is 3.40. The Morgan fingerprint density at radius 1 is 1.38 bits per heavy atom. The Balaban J connectivity index is 1.65. The lowest BCUT2D eigenvalue weighted by Gasteiger charge is -2.15. The summed E-state index contributed by atoms with van der Waals surface area (Å²) in [4.78, 5) is 28.2. The molecule has 0 aliphatic heterocycles. The number of oxazole rings is 1. The number of carboxylic acid groups (broad SMARTS) is 1. The molecule has 26 heavy (non-hydrogen) atoms. The zero-order valence-electron chi connectivity index (χ0n) is 14.8. The molecule has 2 aromatic rings. The van der Waals surface area contributed by atoms with Crippen LogP contribution in [0.4, 0.5) is 0 Å². The highest BCUT2D eigenvalue weighted by Crippen LogP contribution is 2.40. The smallest absolute Gasteiger partial charge is 0.308 e. The van der Waals surface area contributed by atoms with Crippen molar-refractivity contribution < 1.29 is 23.8 Å². The number of nitrogens with zero attached hydrogens (tertiary/aromatic N) is 1. The molecule has 1 aliphatic carbocycles. The maximum Gasteiger partial charge on any atom is 0.308 e. The van der Waals surface area contributed by atoms with Gasteiger partial charge in [-0.1, -0.05) is 18.2 Å². The first-order valence-electron chi connectivity index (χ1n) is 8.59. The van der Waals surface area contributed by atoms with Crippen molar-refractivity contribution in [3.63, 3.8) is 0 Å². The Morgan fingerprint density at radius 3 is 2.77 bits per heavy atom. The van der Waals surface area contributed by atoms with Crippen LogP contribution in [-0.4, -0.2) is 35.6 Å². The van der Waals surface area contributed by atoms with Crippen LogP contribution in [0, 0.1) is 12.8 Å². The summed E-state index contributed by atoms with van der Waals surface area (Å²) in [6, 6.07) is 7.25. The number of carboxylic acids is 1. The van der Waals surface area contributed by atoms with Crippen LogP contribution in [0.25, 0.3) is 0 Å². The highest BCUT2D eigenvalue weighted by atomic mass is 16.5. The van der Waals surface area contributed by atoms with Gasteiger partial charge in [0.05, 0.1) is 18.7 Å². The molecule has 1 unspecified atom stereocenters. The maximum absolute atomic E-state index is 12.4. The van der Waals surface area contributed by atoms with Crippen molar-refractivity contribution in [3.8, 4) is 5.75 Å². The molecule has 1 fully saturated rings. The molecule has 1 heterocycles. The van der Waals surface area contributed by atoms with Gasteiger partial charge in [-0.3, -0.25) is 9.59 Å². The Hall–Kier alpha value is -2.83. The standard InChI is InChI=1S/C19H22N2O5/c1-11-16(26-18(21-11)12-7-8-12)17(22)20-10-14(19(23)24)9-13-5-3-4-6-15(13)25-2/h3-6,12,14H,7-10H2,1-2H3,(H,20,22)(H,23,24). The fourth-order valence-corrected chi connectivity index (χ4v) is 2.81. The molecule has 1 amide bonds. The van der Waals surface area contributed by atoms with E-state index >= 15 is 0 Å². The second kappa shape index (κ2) is 7.59. The van der Waals surface area contributed by atoms with Gasteiger partial charge in [0.1, 0.15) is 5.75 Å². The van der Waals surface area contributed by atoms with Crippen LogP contribution in [-0.2, 0) is 11.2 Å². The number of aryl methyl sites for hydroxylation is 1. The number of aromatic nitrogens is 1. The second-order valence-corrected chi connectivity index (χ2v) is 6.50. The number of carbonyl (C=O) groups excluding carboxylic acids is 1. The molecule has 3 rings (SSSR count). The minimum Gasteiger partial charge on any atom is -0.496 e. The van der Waals surface area contributed by atoms with E-state index in [9.17, 15) is 14.7 Å². The summed E-state index contributed by atoms with van der Waals surface area (Å²) in [7, 11) is 1.54. The van der Waals surface area contributed by atoms with E-state index in [1.165, 1.54) is 0 Å². The molecule has 138 valence electrons. The zero-order valence-corrected chi connectivity index (χ0v) is 14.8. The third kappa shape index (κ3) is 4.04. The van der Waals surface area contributed by atoms with Crippen LogP contribution in [0.2, 0.25) is 0 Å². The lowest BCUT2D eigenvalue weighted by molar-refractivity contribution is -0.141. The predicted octanol–water partition coefficient (Wildman–Crippen LogP) is 2.54. The summed E-state index contributed by atoms with van der Waals surface area (Å²) in [6.07, 6.45) is 2.31. The molecule has 2 N–H and O–H groups in total. The van der Waals surface area contributed by atoms with Crippen LogP contribution in [0.15, 0.2) is 28.7 Å². The molecule has 1 aromatic heterocycles. The van der Waals surface area contributed by atoms with Gasteiger partial charge in [-0.05, 0) is 37.8 Å². The molecule has 1 aromatic carbocycles. The predicted molar refractivity (Wildman–Crippen MR) is 93.4 cm³/mol. The SMILES string of the molecule is COc1ccccc1CC(CNC(=O)c1oc(C2CC2)nc1C)C(=O)O. The first-order chi connectivity index (χ1) is 12.5. The van der Waals surface area contributed by atoms with E-state index in [0.717, 1.165) is 18.4 Å². The summed E-state index contributed by atoms with van der Waals surface area (Å²) >= 11 is 0. The van der Waals surface area contributed by atoms with Gasteiger partial charge < -0.3 is 19.6 Å². The van der Waals surface area contributed by atoms with Gasteiger partial charge in [0.25, 0.3) is 5.91 Å². The van der Waals surface area contributed by atoms with E-state index in [0.29, 0.717) is 23.3 Å². The van der Waals surface area contributed by atoms with Gasteiger partial charge in [0.2, 0.25) is 5.76 Å². The number of amides is 1. The molecule has 7 heteroatoms. The number of benzene rings is 1. The molecule has 0 bridgehead atoms. The van der Waals surface area contributed by atoms with Crippen LogP contribution < -0.4 is 10.1 Å². The van der Waals surface area contributed by atoms with E-state index in [1.807, 2.05) is 18.2 Å². The molecule has 0 radical (unpaired) electrons. The molecule has 0 saturated heterocycles. The fraction of sp³-hybridized carbons (Fsp3) is 0.421. The van der Waals surface area contributed by atoms with Crippen LogP contribution in [0.1, 0.15) is 46.5 Å². The van der Waals surface area contributed by atoms with Crippen LogP contribution in [0.3, 0.4) is 0 Å². The fourth-order valence-electron chi connectivity index (χ4n) is 2.81. The summed E-state index contributed by atoms with van der Waals surface area (Å²) in [5.41, 5.74) is 1.31. The lowest BCUT2D eigenvalue weighted by atomic mass is 9.98. The highest BCUT2D eigenvalue weighted by Gasteiger charge is 2.31. The van der Waals surface area contributed by atoms with Crippen molar-refractivity contribution in [2.75, 3.05) is 13.7 Å². The number of hydrogen-bond acceptors (Lipinski definition) is 5. The summed E-state index contributed by atoms with van der Waals surface area (Å²) < 4.78 is 10.8. The van der Waals surface area contributed by atoms with Crippen molar-refractivity contribution in [3.05, 3.63) is 47.2 Å². The van der Waals surface area contributed by atoms with Crippen molar-refractivity contribution in [1.29, 1.82) is 0 Å². The number of methoxy groups -OCH3 is 1. The van der Waals surface area contributed by atoms with E-state index in [2.05, 4.69) is 10.3 Å². The van der Waals surface area contributed by atoms with Crippen molar-refractivity contribution in [1.82, 2.24) is 10.3 Å². The number of rotatable bonds is 8. The lowest BCUT2D eigenvalue weighted by Crippen LogP contribution is -2.34. The Morgan fingerprint density at radius 2 is 2.12 bits per heavy atom. The summed E-state index contributed by atoms with van der Waals surface area (Å²) in [6.45, 7) is 1.71. The topological polar surface area (TPSA) is 102 Å². The number of hydrogen-bond donors (Lipinski definition) is 2. The third-order valence-corrected chi connectivity index (χ3v) is 4.46. The number of nitrogens with one attached hydrogen (secondary N) is 1. The van der Waals surface area contributed by atoms with Gasteiger partial charge >= 0.3 is 5.97 Å². The maximum atomic E-state index is 12.4.